The van der Waals surface area contributed by atoms with Gasteiger partial charge < -0.3 is 10.6 Å². The van der Waals surface area contributed by atoms with Gasteiger partial charge in [-0.1, -0.05) is 25.4 Å². The van der Waals surface area contributed by atoms with Crippen LogP contribution in [0.1, 0.15) is 32.4 Å². The molecule has 16 heavy (non-hydrogen) atoms. The molecule has 0 unspecified atom stereocenters. The Morgan fingerprint density at radius 3 is 2.38 bits per heavy atom. The second-order valence-electron chi connectivity index (χ2n) is 3.79. The molecule has 0 aliphatic heterocycles. The zero-order chi connectivity index (χ0) is 12.0. The first-order chi connectivity index (χ1) is 7.72. The van der Waals surface area contributed by atoms with Crippen molar-refractivity contribution in [1.82, 2.24) is 4.98 Å². The van der Waals surface area contributed by atoms with Crippen molar-refractivity contribution >= 4 is 17.4 Å². The minimum Gasteiger partial charge on any atom is -0.357 e. The topological polar surface area (TPSA) is 42.1 Å². The first kappa shape index (κ1) is 13.3. The molecule has 1 aromatic heterocycles. The van der Waals surface area contributed by atoms with Crippen molar-refractivity contribution in [3.8, 4) is 0 Å². The van der Waals surface area contributed by atoms with E-state index in [1.165, 1.54) is 0 Å². The largest absolute Gasteiger partial charge is 0.357 e. The third kappa shape index (κ3) is 3.35. The number of anilines is 1. The fourth-order valence-corrected chi connectivity index (χ4v) is 1.86. The summed E-state index contributed by atoms with van der Waals surface area (Å²) in [6.45, 7) is 6.77. The number of hydrogen-bond donors (Lipinski definition) is 1. The lowest BCUT2D eigenvalue weighted by Gasteiger charge is -2.23. The molecule has 1 aromatic rings. The zero-order valence-electron chi connectivity index (χ0n) is 10.0. The Morgan fingerprint density at radius 1 is 1.25 bits per heavy atom. The smallest absolute Gasteiger partial charge is 0.128 e. The summed E-state index contributed by atoms with van der Waals surface area (Å²) in [6.07, 6.45) is 2.23. The molecular formula is C12H20ClN3. The van der Waals surface area contributed by atoms with Crippen LogP contribution in [0.15, 0.2) is 12.1 Å². The van der Waals surface area contributed by atoms with E-state index in [2.05, 4.69) is 23.7 Å². The van der Waals surface area contributed by atoms with Gasteiger partial charge in [0.15, 0.2) is 0 Å². The van der Waals surface area contributed by atoms with Crippen LogP contribution in [-0.2, 0) is 6.54 Å². The number of pyridine rings is 1. The van der Waals surface area contributed by atoms with Gasteiger partial charge in [-0.15, -0.1) is 0 Å². The van der Waals surface area contributed by atoms with E-state index < -0.39 is 0 Å². The van der Waals surface area contributed by atoms with E-state index in [0.717, 1.165) is 37.4 Å². The number of nitrogens with two attached hydrogens (primary N) is 1. The first-order valence-corrected chi connectivity index (χ1v) is 6.21. The molecule has 0 aliphatic carbocycles. The molecule has 3 nitrogen and oxygen atoms in total. The van der Waals surface area contributed by atoms with E-state index in [9.17, 15) is 0 Å². The van der Waals surface area contributed by atoms with Crippen LogP contribution in [0.2, 0.25) is 5.02 Å². The van der Waals surface area contributed by atoms with Gasteiger partial charge in [0.25, 0.3) is 0 Å². The summed E-state index contributed by atoms with van der Waals surface area (Å²) in [5, 5.41) is 0.652. The summed E-state index contributed by atoms with van der Waals surface area (Å²) < 4.78 is 0. The van der Waals surface area contributed by atoms with Gasteiger partial charge in [0.1, 0.15) is 5.82 Å². The molecule has 1 rings (SSSR count). The monoisotopic (exact) mass is 241 g/mol. The molecular weight excluding hydrogens is 222 g/mol. The predicted molar refractivity (Wildman–Crippen MR) is 69.9 cm³/mol. The maximum absolute atomic E-state index is 5.99. The minimum atomic E-state index is 0.388. The molecule has 0 atom stereocenters. The van der Waals surface area contributed by atoms with E-state index in [1.54, 1.807) is 0 Å². The van der Waals surface area contributed by atoms with Crippen LogP contribution in [0.3, 0.4) is 0 Å². The molecule has 4 heteroatoms. The van der Waals surface area contributed by atoms with Crippen LogP contribution in [0.5, 0.6) is 0 Å². The summed E-state index contributed by atoms with van der Waals surface area (Å²) in [6, 6.07) is 3.84. The van der Waals surface area contributed by atoms with Crippen molar-refractivity contribution in [2.45, 2.75) is 33.2 Å². The van der Waals surface area contributed by atoms with Crippen molar-refractivity contribution < 1.29 is 0 Å². The second-order valence-corrected chi connectivity index (χ2v) is 4.20. The number of nitrogens with zero attached hydrogens (tertiary/aromatic N) is 2. The van der Waals surface area contributed by atoms with Crippen LogP contribution >= 0.6 is 11.6 Å². The Kier molecular flexibility index (Phi) is 5.56. The average molecular weight is 242 g/mol. The number of hydrogen-bond acceptors (Lipinski definition) is 3. The molecule has 0 spiro atoms. The predicted octanol–water partition coefficient (Wildman–Crippen LogP) is 2.82. The quantitative estimate of drug-likeness (QED) is 0.833. The van der Waals surface area contributed by atoms with Crippen LogP contribution in [-0.4, -0.2) is 18.1 Å². The molecule has 2 N–H and O–H groups in total. The molecule has 0 aliphatic rings. The number of halogens is 1. The third-order valence-corrected chi connectivity index (χ3v) is 2.75. The van der Waals surface area contributed by atoms with Crippen LogP contribution in [0, 0.1) is 0 Å². The van der Waals surface area contributed by atoms with Gasteiger partial charge in [-0.3, -0.25) is 0 Å². The first-order valence-electron chi connectivity index (χ1n) is 5.83. The van der Waals surface area contributed by atoms with Crippen molar-refractivity contribution in [3.05, 3.63) is 22.8 Å². The highest BCUT2D eigenvalue weighted by Crippen LogP contribution is 2.19. The second kappa shape index (κ2) is 6.71. The molecule has 0 saturated carbocycles. The van der Waals surface area contributed by atoms with Crippen molar-refractivity contribution in [2.24, 2.45) is 5.73 Å². The standard InChI is InChI=1S/C12H20ClN3/c1-3-7-16(8-4-2)12-6-5-10(13)11(9-14)15-12/h5-6H,3-4,7-9,14H2,1-2H3. The number of rotatable bonds is 6. The number of aromatic nitrogens is 1. The summed E-state index contributed by atoms with van der Waals surface area (Å²) in [7, 11) is 0. The summed E-state index contributed by atoms with van der Waals surface area (Å²) >= 11 is 5.99. The lowest BCUT2D eigenvalue weighted by atomic mass is 10.3. The van der Waals surface area contributed by atoms with Crippen LogP contribution < -0.4 is 10.6 Å². The van der Waals surface area contributed by atoms with Gasteiger partial charge in [0, 0.05) is 19.6 Å². The van der Waals surface area contributed by atoms with Crippen molar-refractivity contribution in [1.29, 1.82) is 0 Å². The van der Waals surface area contributed by atoms with Crippen LogP contribution in [0.25, 0.3) is 0 Å². The third-order valence-electron chi connectivity index (χ3n) is 2.41. The molecule has 0 bridgehead atoms. The maximum atomic E-state index is 5.99. The Labute approximate surface area is 103 Å². The highest BCUT2D eigenvalue weighted by Gasteiger charge is 2.08. The highest BCUT2D eigenvalue weighted by atomic mass is 35.5. The minimum absolute atomic E-state index is 0.388. The molecule has 0 saturated heterocycles. The SMILES string of the molecule is CCCN(CCC)c1ccc(Cl)c(CN)n1. The molecule has 0 fully saturated rings. The summed E-state index contributed by atoms with van der Waals surface area (Å²) in [5.74, 6) is 0.980. The van der Waals surface area contributed by atoms with Gasteiger partial charge in [0.05, 0.1) is 10.7 Å². The van der Waals surface area contributed by atoms with Gasteiger partial charge in [-0.25, -0.2) is 4.98 Å². The average Bonchev–Trinajstić information content (AvgIpc) is 2.29. The summed E-state index contributed by atoms with van der Waals surface area (Å²) in [4.78, 5) is 6.77. The Hall–Kier alpha value is -0.800. The summed E-state index contributed by atoms with van der Waals surface area (Å²) in [5.41, 5.74) is 6.38. The zero-order valence-corrected chi connectivity index (χ0v) is 10.8. The van der Waals surface area contributed by atoms with Gasteiger partial charge >= 0.3 is 0 Å². The lowest BCUT2D eigenvalue weighted by molar-refractivity contribution is 0.731. The fraction of sp³-hybridized carbons (Fsp3) is 0.583. The van der Waals surface area contributed by atoms with Gasteiger partial charge in [0.2, 0.25) is 0 Å². The van der Waals surface area contributed by atoms with Crippen LogP contribution in [0.4, 0.5) is 5.82 Å². The normalized spacial score (nSPS) is 10.5. The fourth-order valence-electron chi connectivity index (χ4n) is 1.67. The maximum Gasteiger partial charge on any atom is 0.128 e. The Balaban J connectivity index is 2.90. The molecule has 90 valence electrons. The molecule has 1 heterocycles. The molecule has 0 radical (unpaired) electrons. The van der Waals surface area contributed by atoms with E-state index >= 15 is 0 Å². The lowest BCUT2D eigenvalue weighted by Crippen LogP contribution is -2.26. The van der Waals surface area contributed by atoms with Gasteiger partial charge in [-0.05, 0) is 25.0 Å². The van der Waals surface area contributed by atoms with Crippen molar-refractivity contribution in [3.63, 3.8) is 0 Å². The molecule has 0 aromatic carbocycles. The Bertz CT molecular complexity index is 322. The van der Waals surface area contributed by atoms with E-state index in [0.29, 0.717) is 11.6 Å². The van der Waals surface area contributed by atoms with E-state index in [1.807, 2.05) is 12.1 Å². The van der Waals surface area contributed by atoms with Crippen molar-refractivity contribution in [2.75, 3.05) is 18.0 Å². The van der Waals surface area contributed by atoms with Gasteiger partial charge in [-0.2, -0.15) is 0 Å². The Morgan fingerprint density at radius 2 is 1.88 bits per heavy atom. The van der Waals surface area contributed by atoms with E-state index in [4.69, 9.17) is 17.3 Å². The van der Waals surface area contributed by atoms with E-state index in [-0.39, 0.29) is 0 Å². The molecule has 0 amide bonds. The highest BCUT2D eigenvalue weighted by molar-refractivity contribution is 6.31.